The maximum atomic E-state index is 10.7. The monoisotopic (exact) mass is 266 g/mol. The second-order valence-electron chi connectivity index (χ2n) is 3.51. The Labute approximate surface area is 106 Å². The summed E-state index contributed by atoms with van der Waals surface area (Å²) in [6, 6.07) is 4.38. The molecule has 0 radical (unpaired) electrons. The van der Waals surface area contributed by atoms with Gasteiger partial charge >= 0.3 is 0 Å². The molecule has 0 aliphatic carbocycles. The van der Waals surface area contributed by atoms with Crippen molar-refractivity contribution >= 4 is 23.1 Å². The van der Waals surface area contributed by atoms with Crippen molar-refractivity contribution in [2.45, 2.75) is 10.9 Å². The molecule has 0 amide bonds. The smallest absolute Gasteiger partial charge is 0.269 e. The number of nitrogen functional groups attached to an aromatic ring is 1. The maximum absolute atomic E-state index is 10.7. The zero-order valence-corrected chi connectivity index (χ0v) is 10.3. The van der Waals surface area contributed by atoms with Crippen LogP contribution in [0.15, 0.2) is 23.4 Å². The largest absolute Gasteiger partial charge is 0.398 e. The van der Waals surface area contributed by atoms with E-state index in [0.29, 0.717) is 22.2 Å². The lowest BCUT2D eigenvalue weighted by molar-refractivity contribution is -0.384. The molecule has 1 aromatic heterocycles. The summed E-state index contributed by atoms with van der Waals surface area (Å²) in [6.45, 7) is 0. The summed E-state index contributed by atoms with van der Waals surface area (Å²) in [5.41, 5.74) is 7.01. The van der Waals surface area contributed by atoms with Crippen LogP contribution in [0.4, 0.5) is 11.4 Å². The highest BCUT2D eigenvalue weighted by atomic mass is 32.2. The molecule has 0 unspecified atom stereocenters. The molecule has 0 aliphatic heterocycles. The standard InChI is InChI=1S/C9H10N6O2S/c1-14-9(11-12-13-14)18-5-6-4-7(15(16)17)2-3-8(6)10/h2-4H,5,10H2,1H3. The Bertz CT molecular complexity index is 584. The van der Waals surface area contributed by atoms with E-state index in [1.54, 1.807) is 7.05 Å². The third-order valence-corrected chi connectivity index (χ3v) is 3.33. The second-order valence-corrected chi connectivity index (χ2v) is 4.46. The number of nitro groups is 1. The minimum absolute atomic E-state index is 0.0240. The van der Waals surface area contributed by atoms with E-state index in [1.807, 2.05) is 0 Å². The molecule has 9 heteroatoms. The van der Waals surface area contributed by atoms with Crippen LogP contribution >= 0.6 is 11.8 Å². The zero-order valence-electron chi connectivity index (χ0n) is 9.48. The number of aryl methyl sites for hydroxylation is 1. The number of nitrogens with zero attached hydrogens (tertiary/aromatic N) is 5. The van der Waals surface area contributed by atoms with Crippen molar-refractivity contribution in [3.05, 3.63) is 33.9 Å². The summed E-state index contributed by atoms with van der Waals surface area (Å²) in [5.74, 6) is 0.474. The molecule has 2 rings (SSSR count). The number of hydrogen-bond donors (Lipinski definition) is 1. The molecule has 2 aromatic rings. The van der Waals surface area contributed by atoms with E-state index in [-0.39, 0.29) is 5.69 Å². The van der Waals surface area contributed by atoms with Crippen molar-refractivity contribution in [1.29, 1.82) is 0 Å². The number of thioether (sulfide) groups is 1. The fourth-order valence-corrected chi connectivity index (χ4v) is 2.17. The SMILES string of the molecule is Cn1nnnc1SCc1cc([N+](=O)[O-])ccc1N. The molecule has 94 valence electrons. The number of anilines is 1. The minimum Gasteiger partial charge on any atom is -0.398 e. The predicted octanol–water partition coefficient (Wildman–Crippen LogP) is 0.993. The van der Waals surface area contributed by atoms with E-state index < -0.39 is 4.92 Å². The van der Waals surface area contributed by atoms with Gasteiger partial charge in [0, 0.05) is 30.6 Å². The van der Waals surface area contributed by atoms with Gasteiger partial charge in [-0.15, -0.1) is 5.10 Å². The van der Waals surface area contributed by atoms with E-state index in [2.05, 4.69) is 15.5 Å². The van der Waals surface area contributed by atoms with Gasteiger partial charge in [-0.25, -0.2) is 4.68 Å². The lowest BCUT2D eigenvalue weighted by Crippen LogP contribution is -1.97. The Hall–Kier alpha value is -2.16. The number of rotatable bonds is 4. The molecular weight excluding hydrogens is 256 g/mol. The average molecular weight is 266 g/mol. The highest BCUT2D eigenvalue weighted by Crippen LogP contribution is 2.26. The first kappa shape index (κ1) is 12.3. The minimum atomic E-state index is -0.447. The van der Waals surface area contributed by atoms with E-state index in [1.165, 1.54) is 34.6 Å². The summed E-state index contributed by atoms with van der Waals surface area (Å²) in [6.07, 6.45) is 0. The van der Waals surface area contributed by atoms with Crippen molar-refractivity contribution in [3.8, 4) is 0 Å². The molecular formula is C9H10N6O2S. The molecule has 0 saturated heterocycles. The van der Waals surface area contributed by atoms with Gasteiger partial charge in [0.1, 0.15) is 0 Å². The molecule has 0 atom stereocenters. The number of nitrogens with two attached hydrogens (primary N) is 1. The second kappa shape index (κ2) is 5.00. The van der Waals surface area contributed by atoms with Crippen LogP contribution < -0.4 is 5.73 Å². The van der Waals surface area contributed by atoms with Gasteiger partial charge in [0.05, 0.1) is 4.92 Å². The summed E-state index contributed by atoms with van der Waals surface area (Å²) in [7, 11) is 1.72. The molecule has 18 heavy (non-hydrogen) atoms. The van der Waals surface area contributed by atoms with Gasteiger partial charge in [0.25, 0.3) is 5.69 Å². The van der Waals surface area contributed by atoms with Crippen LogP contribution in [0.25, 0.3) is 0 Å². The number of non-ortho nitro benzene ring substituents is 1. The normalized spacial score (nSPS) is 10.5. The van der Waals surface area contributed by atoms with E-state index in [0.717, 1.165) is 0 Å². The van der Waals surface area contributed by atoms with Crippen molar-refractivity contribution in [2.24, 2.45) is 7.05 Å². The first-order valence-corrected chi connectivity index (χ1v) is 5.94. The Kier molecular flexibility index (Phi) is 3.42. The van der Waals surface area contributed by atoms with Crippen LogP contribution in [0.1, 0.15) is 5.56 Å². The topological polar surface area (TPSA) is 113 Å². The third kappa shape index (κ3) is 2.56. The van der Waals surface area contributed by atoms with Gasteiger partial charge in [-0.05, 0) is 22.1 Å². The van der Waals surface area contributed by atoms with Crippen LogP contribution in [-0.4, -0.2) is 25.1 Å². The lowest BCUT2D eigenvalue weighted by Gasteiger charge is -2.04. The van der Waals surface area contributed by atoms with Crippen molar-refractivity contribution in [1.82, 2.24) is 20.2 Å². The Morgan fingerprint density at radius 3 is 2.94 bits per heavy atom. The van der Waals surface area contributed by atoms with Crippen LogP contribution in [0.5, 0.6) is 0 Å². The summed E-state index contributed by atoms with van der Waals surface area (Å²) < 4.78 is 1.53. The van der Waals surface area contributed by atoms with Gasteiger partial charge in [-0.2, -0.15) is 0 Å². The summed E-state index contributed by atoms with van der Waals surface area (Å²) in [4.78, 5) is 10.2. The zero-order chi connectivity index (χ0) is 13.1. The summed E-state index contributed by atoms with van der Waals surface area (Å²) >= 11 is 1.37. The molecule has 0 saturated carbocycles. The molecule has 1 heterocycles. The number of aromatic nitrogens is 4. The number of hydrogen-bond acceptors (Lipinski definition) is 7. The van der Waals surface area contributed by atoms with Crippen LogP contribution in [-0.2, 0) is 12.8 Å². The molecule has 8 nitrogen and oxygen atoms in total. The van der Waals surface area contributed by atoms with Gasteiger partial charge in [0.15, 0.2) is 0 Å². The van der Waals surface area contributed by atoms with E-state index in [9.17, 15) is 10.1 Å². The Morgan fingerprint density at radius 1 is 1.56 bits per heavy atom. The highest BCUT2D eigenvalue weighted by molar-refractivity contribution is 7.98. The van der Waals surface area contributed by atoms with E-state index >= 15 is 0 Å². The van der Waals surface area contributed by atoms with Gasteiger partial charge in [-0.1, -0.05) is 11.8 Å². The molecule has 2 N–H and O–H groups in total. The molecule has 0 bridgehead atoms. The highest BCUT2D eigenvalue weighted by Gasteiger charge is 2.11. The predicted molar refractivity (Wildman–Crippen MR) is 65.9 cm³/mol. The molecule has 1 aromatic carbocycles. The van der Waals surface area contributed by atoms with Crippen molar-refractivity contribution < 1.29 is 4.92 Å². The molecule has 0 spiro atoms. The van der Waals surface area contributed by atoms with Gasteiger partial charge in [0.2, 0.25) is 5.16 Å². The fraction of sp³-hybridized carbons (Fsp3) is 0.222. The lowest BCUT2D eigenvalue weighted by atomic mass is 10.2. The van der Waals surface area contributed by atoms with Gasteiger partial charge < -0.3 is 5.73 Å². The van der Waals surface area contributed by atoms with Gasteiger partial charge in [-0.3, -0.25) is 10.1 Å². The summed E-state index contributed by atoms with van der Waals surface area (Å²) in [5, 5.41) is 22.3. The van der Waals surface area contributed by atoms with Crippen LogP contribution in [0, 0.1) is 10.1 Å². The van der Waals surface area contributed by atoms with Crippen molar-refractivity contribution in [2.75, 3.05) is 5.73 Å². The Morgan fingerprint density at radius 2 is 2.33 bits per heavy atom. The number of tetrazole rings is 1. The van der Waals surface area contributed by atoms with E-state index in [4.69, 9.17) is 5.73 Å². The quantitative estimate of drug-likeness (QED) is 0.380. The molecule has 0 aliphatic rings. The fourth-order valence-electron chi connectivity index (χ4n) is 1.32. The maximum Gasteiger partial charge on any atom is 0.269 e. The first-order valence-electron chi connectivity index (χ1n) is 4.96. The molecule has 0 fully saturated rings. The van der Waals surface area contributed by atoms with Crippen LogP contribution in [0.2, 0.25) is 0 Å². The first-order chi connectivity index (χ1) is 8.58. The average Bonchev–Trinajstić information content (AvgIpc) is 2.73. The number of benzene rings is 1. The van der Waals surface area contributed by atoms with Crippen molar-refractivity contribution in [3.63, 3.8) is 0 Å². The Balaban J connectivity index is 2.16. The third-order valence-electron chi connectivity index (χ3n) is 2.28. The van der Waals surface area contributed by atoms with Crippen LogP contribution in [0.3, 0.4) is 0 Å². The number of nitro benzene ring substituents is 1.